The molecule has 0 radical (unpaired) electrons. The Labute approximate surface area is 130 Å². The first kappa shape index (κ1) is 14.2. The molecule has 3 rings (SSSR count). The van der Waals surface area contributed by atoms with Crippen LogP contribution in [0.2, 0.25) is 0 Å². The Morgan fingerprint density at radius 1 is 1.10 bits per heavy atom. The normalized spacial score (nSPS) is 16.1. The highest BCUT2D eigenvalue weighted by molar-refractivity contribution is 9.10. The number of benzene rings is 2. The van der Waals surface area contributed by atoms with E-state index in [9.17, 15) is 9.18 Å². The van der Waals surface area contributed by atoms with Crippen LogP contribution in [0.15, 0.2) is 53.0 Å². The number of halogens is 2. The van der Waals surface area contributed by atoms with E-state index in [1.807, 2.05) is 24.3 Å². The zero-order valence-corrected chi connectivity index (χ0v) is 12.7. The Morgan fingerprint density at radius 2 is 1.71 bits per heavy atom. The van der Waals surface area contributed by atoms with Gasteiger partial charge in [0.2, 0.25) is 0 Å². The molecule has 108 valence electrons. The van der Waals surface area contributed by atoms with Crippen molar-refractivity contribution < 1.29 is 13.9 Å². The zero-order valence-electron chi connectivity index (χ0n) is 11.1. The van der Waals surface area contributed by atoms with Crippen molar-refractivity contribution in [2.75, 3.05) is 13.2 Å². The molecule has 1 aliphatic heterocycles. The highest BCUT2D eigenvalue weighted by atomic mass is 79.9. The minimum atomic E-state index is -0.508. The van der Waals surface area contributed by atoms with Gasteiger partial charge in [-0.3, -0.25) is 4.79 Å². The molecular weight excluding hydrogens is 337 g/mol. The predicted octanol–water partition coefficient (Wildman–Crippen LogP) is 3.24. The van der Waals surface area contributed by atoms with E-state index < -0.39 is 5.54 Å². The van der Waals surface area contributed by atoms with Crippen molar-refractivity contribution >= 4 is 21.8 Å². The first-order chi connectivity index (χ1) is 10.1. The van der Waals surface area contributed by atoms with Crippen LogP contribution in [0.3, 0.4) is 0 Å². The summed E-state index contributed by atoms with van der Waals surface area (Å²) in [4.78, 5) is 12.3. The smallest absolute Gasteiger partial charge is 0.252 e. The van der Waals surface area contributed by atoms with Crippen molar-refractivity contribution in [3.63, 3.8) is 0 Å². The Morgan fingerprint density at radius 3 is 2.24 bits per heavy atom. The summed E-state index contributed by atoms with van der Waals surface area (Å²) >= 11 is 3.39. The average Bonchev–Trinajstić information content (AvgIpc) is 2.44. The van der Waals surface area contributed by atoms with Gasteiger partial charge in [0.05, 0.1) is 13.2 Å². The van der Waals surface area contributed by atoms with Gasteiger partial charge in [0, 0.05) is 10.0 Å². The fraction of sp³-hybridized carbons (Fsp3) is 0.188. The van der Waals surface area contributed by atoms with Gasteiger partial charge in [0.1, 0.15) is 11.4 Å². The van der Waals surface area contributed by atoms with Gasteiger partial charge in [-0.25, -0.2) is 4.39 Å². The molecule has 0 saturated carbocycles. The van der Waals surface area contributed by atoms with Crippen molar-refractivity contribution in [2.45, 2.75) is 5.54 Å². The van der Waals surface area contributed by atoms with E-state index in [2.05, 4.69) is 21.2 Å². The lowest BCUT2D eigenvalue weighted by Crippen LogP contribution is -2.59. The van der Waals surface area contributed by atoms with Crippen LogP contribution >= 0.6 is 15.9 Å². The third kappa shape index (κ3) is 2.84. The molecule has 1 fully saturated rings. The molecule has 1 aliphatic rings. The average molecular weight is 350 g/mol. The molecule has 0 bridgehead atoms. The van der Waals surface area contributed by atoms with Gasteiger partial charge in [0.25, 0.3) is 5.91 Å². The van der Waals surface area contributed by atoms with Gasteiger partial charge in [-0.2, -0.15) is 0 Å². The lowest BCUT2D eigenvalue weighted by Gasteiger charge is -2.42. The SMILES string of the molecule is O=C(NC1(c2ccc(Br)cc2)COC1)c1ccc(F)cc1. The topological polar surface area (TPSA) is 38.3 Å². The summed E-state index contributed by atoms with van der Waals surface area (Å²) in [6.07, 6.45) is 0. The predicted molar refractivity (Wildman–Crippen MR) is 80.5 cm³/mol. The van der Waals surface area contributed by atoms with Crippen LogP contribution in [0.1, 0.15) is 15.9 Å². The van der Waals surface area contributed by atoms with Gasteiger partial charge < -0.3 is 10.1 Å². The third-order valence-electron chi connectivity index (χ3n) is 3.55. The molecule has 3 nitrogen and oxygen atoms in total. The molecule has 0 atom stereocenters. The van der Waals surface area contributed by atoms with Crippen molar-refractivity contribution in [1.29, 1.82) is 0 Å². The molecular formula is C16H13BrFNO2. The van der Waals surface area contributed by atoms with Gasteiger partial charge >= 0.3 is 0 Å². The largest absolute Gasteiger partial charge is 0.376 e. The van der Waals surface area contributed by atoms with Crippen LogP contribution in [-0.2, 0) is 10.3 Å². The van der Waals surface area contributed by atoms with E-state index in [1.165, 1.54) is 24.3 Å². The maximum atomic E-state index is 12.9. The van der Waals surface area contributed by atoms with Crippen LogP contribution in [0, 0.1) is 5.82 Å². The lowest BCUT2D eigenvalue weighted by atomic mass is 9.87. The minimum Gasteiger partial charge on any atom is -0.376 e. The number of carbonyl (C=O) groups is 1. The molecule has 1 N–H and O–H groups in total. The number of rotatable bonds is 3. The summed E-state index contributed by atoms with van der Waals surface area (Å²) < 4.78 is 19.2. The van der Waals surface area contributed by atoms with Crippen LogP contribution in [-0.4, -0.2) is 19.1 Å². The number of hydrogen-bond acceptors (Lipinski definition) is 2. The Bertz CT molecular complexity index is 651. The first-order valence-corrected chi connectivity index (χ1v) is 7.30. The van der Waals surface area contributed by atoms with E-state index in [0.29, 0.717) is 18.8 Å². The lowest BCUT2D eigenvalue weighted by molar-refractivity contribution is -0.0734. The van der Waals surface area contributed by atoms with Gasteiger partial charge in [-0.15, -0.1) is 0 Å². The molecule has 2 aromatic carbocycles. The van der Waals surface area contributed by atoms with Crippen molar-refractivity contribution in [3.8, 4) is 0 Å². The van der Waals surface area contributed by atoms with Crippen molar-refractivity contribution in [3.05, 3.63) is 69.9 Å². The van der Waals surface area contributed by atoms with Crippen molar-refractivity contribution in [1.82, 2.24) is 5.32 Å². The first-order valence-electron chi connectivity index (χ1n) is 6.51. The summed E-state index contributed by atoms with van der Waals surface area (Å²) in [5.41, 5.74) is 0.916. The van der Waals surface area contributed by atoms with Gasteiger partial charge in [-0.1, -0.05) is 28.1 Å². The number of hydrogen-bond donors (Lipinski definition) is 1. The summed E-state index contributed by atoms with van der Waals surface area (Å²) in [6.45, 7) is 0.864. The number of ether oxygens (including phenoxy) is 1. The summed E-state index contributed by atoms with van der Waals surface area (Å²) in [5.74, 6) is -0.595. The van der Waals surface area contributed by atoms with E-state index in [1.54, 1.807) is 0 Å². The molecule has 21 heavy (non-hydrogen) atoms. The van der Waals surface area contributed by atoms with Crippen LogP contribution in [0.5, 0.6) is 0 Å². The molecule has 0 aromatic heterocycles. The molecule has 1 heterocycles. The monoisotopic (exact) mass is 349 g/mol. The highest BCUT2D eigenvalue weighted by Gasteiger charge is 2.41. The summed E-state index contributed by atoms with van der Waals surface area (Å²) in [5, 5.41) is 3.00. The second kappa shape index (κ2) is 5.58. The van der Waals surface area contributed by atoms with E-state index in [-0.39, 0.29) is 11.7 Å². The Hall–Kier alpha value is -1.72. The van der Waals surface area contributed by atoms with Gasteiger partial charge in [-0.05, 0) is 42.0 Å². The van der Waals surface area contributed by atoms with Crippen LogP contribution in [0.25, 0.3) is 0 Å². The fourth-order valence-corrected chi connectivity index (χ4v) is 2.54. The highest BCUT2D eigenvalue weighted by Crippen LogP contribution is 2.30. The van der Waals surface area contributed by atoms with E-state index >= 15 is 0 Å². The number of amides is 1. The Kier molecular flexibility index (Phi) is 3.78. The quantitative estimate of drug-likeness (QED) is 0.923. The standard InChI is InChI=1S/C16H13BrFNO2/c17-13-5-3-12(4-6-13)16(9-21-10-16)19-15(20)11-1-7-14(18)8-2-11/h1-8H,9-10H2,(H,19,20). The maximum Gasteiger partial charge on any atom is 0.252 e. The van der Waals surface area contributed by atoms with E-state index in [4.69, 9.17) is 4.74 Å². The molecule has 2 aromatic rings. The number of carbonyl (C=O) groups excluding carboxylic acids is 1. The number of nitrogens with one attached hydrogen (secondary N) is 1. The van der Waals surface area contributed by atoms with Gasteiger partial charge in [0.15, 0.2) is 0 Å². The molecule has 0 aliphatic carbocycles. The summed E-state index contributed by atoms with van der Waals surface area (Å²) in [6, 6.07) is 13.3. The molecule has 1 amide bonds. The second-order valence-electron chi connectivity index (χ2n) is 5.04. The maximum absolute atomic E-state index is 12.9. The molecule has 0 unspecified atom stereocenters. The van der Waals surface area contributed by atoms with Crippen LogP contribution in [0.4, 0.5) is 4.39 Å². The minimum absolute atomic E-state index is 0.235. The second-order valence-corrected chi connectivity index (χ2v) is 5.96. The van der Waals surface area contributed by atoms with E-state index in [0.717, 1.165) is 10.0 Å². The van der Waals surface area contributed by atoms with Crippen molar-refractivity contribution in [2.24, 2.45) is 0 Å². The fourth-order valence-electron chi connectivity index (χ4n) is 2.28. The molecule has 0 spiro atoms. The molecule has 1 saturated heterocycles. The summed E-state index contributed by atoms with van der Waals surface area (Å²) in [7, 11) is 0. The molecule has 5 heteroatoms. The zero-order chi connectivity index (χ0) is 14.9. The Balaban J connectivity index is 1.82. The third-order valence-corrected chi connectivity index (χ3v) is 4.08. The van der Waals surface area contributed by atoms with Crippen LogP contribution < -0.4 is 5.32 Å².